The molecule has 0 radical (unpaired) electrons. The van der Waals surface area contributed by atoms with E-state index in [1.165, 1.54) is 30.8 Å². The molecule has 0 amide bonds. The molecule has 5 rings (SSSR count). The summed E-state index contributed by atoms with van der Waals surface area (Å²) in [5.41, 5.74) is 6.19. The highest BCUT2D eigenvalue weighted by Crippen LogP contribution is 2.47. The lowest BCUT2D eigenvalue weighted by Crippen LogP contribution is -2.40. The fraction of sp³-hybridized carbons (Fsp3) is 0.400. The first-order valence-corrected chi connectivity index (χ1v) is 16.0. The molecule has 4 aromatic rings. The summed E-state index contributed by atoms with van der Waals surface area (Å²) in [5.74, 6) is 0.175. The molecule has 0 bridgehead atoms. The molecule has 42 heavy (non-hydrogen) atoms. The van der Waals surface area contributed by atoms with E-state index in [9.17, 15) is 22.8 Å². The number of hydrazine groups is 1. The summed E-state index contributed by atoms with van der Waals surface area (Å²) in [5, 5.41) is 2.59. The fourth-order valence-corrected chi connectivity index (χ4v) is 7.31. The number of anilines is 2. The third kappa shape index (κ3) is 5.59. The van der Waals surface area contributed by atoms with E-state index in [1.807, 2.05) is 31.1 Å². The lowest BCUT2D eigenvalue weighted by atomic mass is 10.0. The smallest absolute Gasteiger partial charge is 0.377 e. The van der Waals surface area contributed by atoms with Gasteiger partial charge in [-0.15, -0.1) is 4.83 Å². The summed E-state index contributed by atoms with van der Waals surface area (Å²) < 4.78 is 51.6. The van der Waals surface area contributed by atoms with Crippen molar-refractivity contribution in [2.24, 2.45) is 5.73 Å². The van der Waals surface area contributed by atoms with Crippen molar-refractivity contribution in [3.63, 3.8) is 0 Å². The first-order valence-electron chi connectivity index (χ1n) is 13.0. The first kappa shape index (κ1) is 30.3. The van der Waals surface area contributed by atoms with Crippen LogP contribution in [-0.2, 0) is 29.6 Å². The standard InChI is InChI=1S/C25H33N8O7PS/c1-16-20(40-41(34,35)36)13-25(39-16,11-12-26)33-15-29-22-23(27-14-28-24(22)33)32(4)30-42(37,38)21-10-6-7-17-18(21)8-5-9-19(17)31(2)3/h5-10,14-16,20,30H,11-13,26H2,1-4H3,(H2,34,35,36)/t16-,20+,25-/m1/s1. The average Bonchev–Trinajstić information content (AvgIpc) is 3.48. The van der Waals surface area contributed by atoms with Crippen LogP contribution in [0.3, 0.4) is 0 Å². The van der Waals surface area contributed by atoms with Gasteiger partial charge in [0, 0.05) is 50.4 Å². The summed E-state index contributed by atoms with van der Waals surface area (Å²) >= 11 is 0. The number of imidazole rings is 1. The molecular formula is C25H33N8O7PS. The van der Waals surface area contributed by atoms with Gasteiger partial charge in [-0.05, 0) is 25.6 Å². The Kier molecular flexibility index (Phi) is 8.02. The Hall–Kier alpha value is -3.21. The molecule has 0 aliphatic carbocycles. The second kappa shape index (κ2) is 11.1. The Balaban J connectivity index is 1.50. The van der Waals surface area contributed by atoms with Gasteiger partial charge in [0.05, 0.1) is 23.4 Å². The number of rotatable bonds is 10. The van der Waals surface area contributed by atoms with E-state index >= 15 is 0 Å². The Morgan fingerprint density at radius 2 is 1.88 bits per heavy atom. The summed E-state index contributed by atoms with van der Waals surface area (Å²) in [4.78, 5) is 36.4. The van der Waals surface area contributed by atoms with Crippen molar-refractivity contribution < 1.29 is 32.0 Å². The summed E-state index contributed by atoms with van der Waals surface area (Å²) in [6.07, 6.45) is 1.47. The number of aromatic nitrogens is 4. The molecule has 2 aromatic carbocycles. The summed E-state index contributed by atoms with van der Waals surface area (Å²) in [6, 6.07) is 10.6. The van der Waals surface area contributed by atoms with Crippen LogP contribution in [0.5, 0.6) is 0 Å². The van der Waals surface area contributed by atoms with E-state index in [1.54, 1.807) is 29.7 Å². The van der Waals surface area contributed by atoms with Crippen LogP contribution in [0, 0.1) is 0 Å². The predicted octanol–water partition coefficient (Wildman–Crippen LogP) is 1.66. The van der Waals surface area contributed by atoms with E-state index in [0.29, 0.717) is 11.0 Å². The number of hydrogen-bond donors (Lipinski definition) is 4. The molecule has 17 heteroatoms. The van der Waals surface area contributed by atoms with Gasteiger partial charge in [-0.2, -0.15) is 0 Å². The fourth-order valence-electron chi connectivity index (χ4n) is 5.44. The molecule has 1 aliphatic heterocycles. The lowest BCUT2D eigenvalue weighted by Gasteiger charge is -2.30. The van der Waals surface area contributed by atoms with Crippen LogP contribution in [0.25, 0.3) is 21.9 Å². The number of nitrogens with one attached hydrogen (secondary N) is 1. The maximum Gasteiger partial charge on any atom is 0.469 e. The zero-order valence-electron chi connectivity index (χ0n) is 23.4. The average molecular weight is 621 g/mol. The number of phosphoric ester groups is 1. The van der Waals surface area contributed by atoms with Gasteiger partial charge >= 0.3 is 7.82 Å². The van der Waals surface area contributed by atoms with Crippen LogP contribution in [0.2, 0.25) is 0 Å². The molecule has 5 N–H and O–H groups in total. The largest absolute Gasteiger partial charge is 0.469 e. The maximum atomic E-state index is 13.6. The van der Waals surface area contributed by atoms with Gasteiger partial charge in [0.25, 0.3) is 10.0 Å². The van der Waals surface area contributed by atoms with Crippen molar-refractivity contribution in [3.8, 4) is 0 Å². The van der Waals surface area contributed by atoms with Gasteiger partial charge in [-0.25, -0.2) is 27.9 Å². The molecule has 1 saturated heterocycles. The zero-order valence-corrected chi connectivity index (χ0v) is 25.2. The Bertz CT molecular complexity index is 1780. The maximum absolute atomic E-state index is 13.6. The lowest BCUT2D eigenvalue weighted by molar-refractivity contribution is -0.0983. The third-order valence-corrected chi connectivity index (χ3v) is 9.21. The van der Waals surface area contributed by atoms with Gasteiger partial charge in [0.2, 0.25) is 0 Å². The van der Waals surface area contributed by atoms with Crippen LogP contribution in [-0.4, -0.2) is 77.6 Å². The van der Waals surface area contributed by atoms with Crippen molar-refractivity contribution in [2.45, 2.75) is 42.6 Å². The molecule has 1 aliphatic rings. The quantitative estimate of drug-likeness (QED) is 0.148. The van der Waals surface area contributed by atoms with E-state index in [-0.39, 0.29) is 35.6 Å². The van der Waals surface area contributed by atoms with Gasteiger partial charge in [-0.3, -0.25) is 14.1 Å². The van der Waals surface area contributed by atoms with E-state index in [2.05, 4.69) is 19.8 Å². The van der Waals surface area contributed by atoms with Crippen molar-refractivity contribution >= 4 is 51.3 Å². The van der Waals surface area contributed by atoms with Crippen molar-refractivity contribution in [3.05, 3.63) is 49.1 Å². The van der Waals surface area contributed by atoms with Crippen LogP contribution in [0.1, 0.15) is 19.8 Å². The minimum atomic E-state index is -4.78. The number of ether oxygens (including phenoxy) is 1. The van der Waals surface area contributed by atoms with Crippen molar-refractivity contribution in [1.29, 1.82) is 0 Å². The molecule has 2 aromatic heterocycles. The Morgan fingerprint density at radius 3 is 2.57 bits per heavy atom. The molecule has 0 unspecified atom stereocenters. The molecule has 0 spiro atoms. The van der Waals surface area contributed by atoms with Crippen LogP contribution < -0.4 is 20.5 Å². The van der Waals surface area contributed by atoms with Gasteiger partial charge in [0.1, 0.15) is 6.33 Å². The second-order valence-corrected chi connectivity index (χ2v) is 13.1. The highest BCUT2D eigenvalue weighted by atomic mass is 32.2. The van der Waals surface area contributed by atoms with Gasteiger partial charge in [0.15, 0.2) is 22.7 Å². The SMILES string of the molecule is C[C@H]1O[C@@](CCN)(n2cnc3c(N(C)NS(=O)(=O)c4cccc5c(N(C)C)cccc45)ncnc32)C[C@@H]1OP(=O)(O)O. The van der Waals surface area contributed by atoms with Crippen LogP contribution in [0.15, 0.2) is 53.9 Å². The first-order chi connectivity index (χ1) is 19.8. The highest BCUT2D eigenvalue weighted by Gasteiger charge is 2.49. The van der Waals surface area contributed by atoms with Crippen LogP contribution in [0.4, 0.5) is 11.5 Å². The number of fused-ring (bicyclic) bond motifs is 2. The topological polar surface area (TPSA) is 198 Å². The normalized spacial score (nSPS) is 21.3. The monoisotopic (exact) mass is 620 g/mol. The molecule has 226 valence electrons. The van der Waals surface area contributed by atoms with E-state index in [4.69, 9.17) is 15.0 Å². The van der Waals surface area contributed by atoms with E-state index < -0.39 is 35.8 Å². The number of phosphoric acid groups is 1. The van der Waals surface area contributed by atoms with Crippen molar-refractivity contribution in [2.75, 3.05) is 37.6 Å². The molecule has 0 saturated carbocycles. The minimum Gasteiger partial charge on any atom is -0.377 e. The predicted molar refractivity (Wildman–Crippen MR) is 156 cm³/mol. The third-order valence-electron chi connectivity index (χ3n) is 7.22. The number of sulfonamides is 1. The molecule has 15 nitrogen and oxygen atoms in total. The Labute approximate surface area is 242 Å². The summed E-state index contributed by atoms with van der Waals surface area (Å²) in [6.45, 7) is 1.84. The molecule has 3 heterocycles. The number of nitrogens with two attached hydrogens (primary N) is 1. The van der Waals surface area contributed by atoms with Crippen LogP contribution >= 0.6 is 7.82 Å². The van der Waals surface area contributed by atoms with E-state index in [0.717, 1.165) is 11.1 Å². The zero-order chi connectivity index (χ0) is 30.4. The number of benzene rings is 2. The Morgan fingerprint density at radius 1 is 1.17 bits per heavy atom. The van der Waals surface area contributed by atoms with Gasteiger partial charge < -0.3 is 25.2 Å². The van der Waals surface area contributed by atoms with Gasteiger partial charge in [-0.1, -0.05) is 24.3 Å². The molecular weight excluding hydrogens is 587 g/mol. The molecule has 1 fully saturated rings. The molecule has 3 atom stereocenters. The summed E-state index contributed by atoms with van der Waals surface area (Å²) in [7, 11) is -3.57. The number of nitrogens with zero attached hydrogens (tertiary/aromatic N) is 6. The number of hydrogen-bond acceptors (Lipinski definition) is 11. The van der Waals surface area contributed by atoms with Crippen molar-refractivity contribution in [1.82, 2.24) is 24.4 Å². The second-order valence-electron chi connectivity index (χ2n) is 10.3. The highest BCUT2D eigenvalue weighted by molar-refractivity contribution is 7.89. The minimum absolute atomic E-state index is 0.0692.